The number of aromatic nitrogens is 4. The van der Waals surface area contributed by atoms with Gasteiger partial charge in [0.15, 0.2) is 5.82 Å². The summed E-state index contributed by atoms with van der Waals surface area (Å²) in [5, 5.41) is 0. The van der Waals surface area contributed by atoms with Gasteiger partial charge in [0.05, 0.1) is 18.7 Å². The van der Waals surface area contributed by atoms with Crippen LogP contribution in [0.15, 0.2) is 24.7 Å². The highest BCUT2D eigenvalue weighted by Crippen LogP contribution is 2.29. The second-order valence-electron chi connectivity index (χ2n) is 4.29. The summed E-state index contributed by atoms with van der Waals surface area (Å²) in [6, 6.07) is 1.57. The number of hydrogen-bond donors (Lipinski definition) is 1. The van der Waals surface area contributed by atoms with Gasteiger partial charge >= 0.3 is 0 Å². The molecule has 3 heterocycles. The summed E-state index contributed by atoms with van der Waals surface area (Å²) >= 11 is 0. The predicted molar refractivity (Wildman–Crippen MR) is 64.6 cm³/mol. The zero-order chi connectivity index (χ0) is 13.5. The minimum absolute atomic E-state index is 0.276. The molecule has 0 spiro atoms. The Balaban J connectivity index is 1.80. The molecule has 0 atom stereocenters. The van der Waals surface area contributed by atoms with Crippen LogP contribution >= 0.6 is 0 Å². The number of nitrogens with two attached hydrogens (primary N) is 1. The van der Waals surface area contributed by atoms with E-state index >= 15 is 0 Å². The molecule has 3 rings (SSSR count). The van der Waals surface area contributed by atoms with Crippen LogP contribution in [-0.2, 0) is 0 Å². The molecule has 0 aromatic carbocycles. The van der Waals surface area contributed by atoms with Crippen molar-refractivity contribution in [2.45, 2.75) is 5.92 Å². The molecule has 1 fully saturated rings. The first-order chi connectivity index (χ1) is 9.03. The summed E-state index contributed by atoms with van der Waals surface area (Å²) in [5.41, 5.74) is 6.14. The largest absolute Gasteiger partial charge is 0.384 e. The second kappa shape index (κ2) is 4.08. The first kappa shape index (κ1) is 11.7. The molecule has 2 aromatic heterocycles. The lowest BCUT2D eigenvalue weighted by Gasteiger charge is -2.38. The van der Waals surface area contributed by atoms with E-state index in [9.17, 15) is 8.78 Å². The Labute approximate surface area is 107 Å². The summed E-state index contributed by atoms with van der Waals surface area (Å²) in [6.45, 7) is -0.692. The molecule has 2 aromatic rings. The van der Waals surface area contributed by atoms with Crippen LogP contribution in [0.25, 0.3) is 11.4 Å². The van der Waals surface area contributed by atoms with Crippen molar-refractivity contribution in [3.8, 4) is 11.4 Å². The summed E-state index contributed by atoms with van der Waals surface area (Å²) in [5.74, 6) is -1.62. The highest BCUT2D eigenvalue weighted by atomic mass is 19.3. The van der Waals surface area contributed by atoms with Crippen LogP contribution in [0.4, 0.5) is 20.5 Å². The van der Waals surface area contributed by atoms with E-state index in [0.717, 1.165) is 0 Å². The first-order valence-electron chi connectivity index (χ1n) is 5.57. The fourth-order valence-electron chi connectivity index (χ4n) is 1.77. The Morgan fingerprint density at radius 3 is 2.42 bits per heavy atom. The lowest BCUT2D eigenvalue weighted by molar-refractivity contribution is -0.0271. The third-order valence-electron chi connectivity index (χ3n) is 2.70. The molecule has 98 valence electrons. The molecule has 1 aliphatic heterocycles. The van der Waals surface area contributed by atoms with Crippen LogP contribution in [0.2, 0.25) is 0 Å². The molecule has 2 N–H and O–H groups in total. The highest BCUT2D eigenvalue weighted by Gasteiger charge is 2.45. The Hall–Kier alpha value is -2.38. The number of nitrogens with zero attached hydrogens (tertiary/aromatic N) is 5. The summed E-state index contributed by atoms with van der Waals surface area (Å²) in [7, 11) is 0. The number of alkyl halides is 2. The van der Waals surface area contributed by atoms with E-state index in [1.165, 1.54) is 23.5 Å². The maximum atomic E-state index is 12.7. The van der Waals surface area contributed by atoms with Crippen molar-refractivity contribution < 1.29 is 8.78 Å². The smallest absolute Gasteiger partial charge is 0.282 e. The molecule has 0 bridgehead atoms. The van der Waals surface area contributed by atoms with Gasteiger partial charge in [-0.2, -0.15) is 0 Å². The molecule has 0 saturated carbocycles. The van der Waals surface area contributed by atoms with Gasteiger partial charge in [0.25, 0.3) is 5.92 Å². The van der Waals surface area contributed by atoms with E-state index in [4.69, 9.17) is 5.73 Å². The molecule has 19 heavy (non-hydrogen) atoms. The molecule has 1 aliphatic rings. The van der Waals surface area contributed by atoms with Gasteiger partial charge in [0, 0.05) is 18.6 Å². The lowest BCUT2D eigenvalue weighted by Crippen LogP contribution is -2.57. The van der Waals surface area contributed by atoms with Crippen molar-refractivity contribution in [1.29, 1.82) is 0 Å². The minimum atomic E-state index is -2.64. The predicted octanol–water partition coefficient (Wildman–Crippen LogP) is 0.971. The Morgan fingerprint density at radius 2 is 1.84 bits per heavy atom. The van der Waals surface area contributed by atoms with Crippen LogP contribution in [-0.4, -0.2) is 38.9 Å². The Bertz CT molecular complexity index is 592. The zero-order valence-electron chi connectivity index (χ0n) is 9.79. The molecule has 0 radical (unpaired) electrons. The number of hydrogen-bond acceptors (Lipinski definition) is 6. The average molecular weight is 264 g/mol. The van der Waals surface area contributed by atoms with Crippen molar-refractivity contribution in [3.63, 3.8) is 0 Å². The van der Waals surface area contributed by atoms with E-state index in [2.05, 4.69) is 19.9 Å². The van der Waals surface area contributed by atoms with Gasteiger partial charge in [-0.3, -0.25) is 0 Å². The van der Waals surface area contributed by atoms with Gasteiger partial charge in [-0.1, -0.05) is 0 Å². The molecule has 0 aliphatic carbocycles. The van der Waals surface area contributed by atoms with Crippen LogP contribution in [0.3, 0.4) is 0 Å². The number of nitrogen functional groups attached to an aromatic ring is 1. The van der Waals surface area contributed by atoms with E-state index in [1.54, 1.807) is 6.07 Å². The monoisotopic (exact) mass is 264 g/mol. The highest BCUT2D eigenvalue weighted by molar-refractivity contribution is 5.55. The van der Waals surface area contributed by atoms with Crippen LogP contribution < -0.4 is 10.6 Å². The van der Waals surface area contributed by atoms with Crippen molar-refractivity contribution >= 4 is 11.8 Å². The van der Waals surface area contributed by atoms with E-state index in [0.29, 0.717) is 17.2 Å². The maximum Gasteiger partial charge on any atom is 0.282 e. The van der Waals surface area contributed by atoms with E-state index in [-0.39, 0.29) is 19.0 Å². The molecular weight excluding hydrogens is 254 g/mol. The van der Waals surface area contributed by atoms with Gasteiger partial charge in [0.2, 0.25) is 5.95 Å². The third kappa shape index (κ3) is 2.28. The lowest BCUT2D eigenvalue weighted by atomic mass is 10.2. The molecular formula is C11H10F2N6. The Morgan fingerprint density at radius 1 is 1.16 bits per heavy atom. The number of halogens is 2. The first-order valence-corrected chi connectivity index (χ1v) is 5.57. The summed E-state index contributed by atoms with van der Waals surface area (Å²) in [6.07, 6.45) is 4.52. The van der Waals surface area contributed by atoms with Crippen LogP contribution in [0.1, 0.15) is 0 Å². The molecule has 0 amide bonds. The molecule has 1 saturated heterocycles. The second-order valence-corrected chi connectivity index (χ2v) is 4.29. The van der Waals surface area contributed by atoms with Crippen LogP contribution in [0.5, 0.6) is 0 Å². The van der Waals surface area contributed by atoms with Crippen molar-refractivity contribution in [3.05, 3.63) is 24.7 Å². The minimum Gasteiger partial charge on any atom is -0.384 e. The third-order valence-corrected chi connectivity index (χ3v) is 2.70. The number of rotatable bonds is 2. The zero-order valence-corrected chi connectivity index (χ0v) is 9.79. The van der Waals surface area contributed by atoms with E-state index in [1.807, 2.05) is 0 Å². The summed E-state index contributed by atoms with van der Waals surface area (Å²) in [4.78, 5) is 17.5. The van der Waals surface area contributed by atoms with Crippen molar-refractivity contribution in [2.24, 2.45) is 0 Å². The topological polar surface area (TPSA) is 80.8 Å². The van der Waals surface area contributed by atoms with Gasteiger partial charge in [-0.15, -0.1) is 0 Å². The van der Waals surface area contributed by atoms with Gasteiger partial charge in [-0.25, -0.2) is 28.7 Å². The quantitative estimate of drug-likeness (QED) is 0.870. The standard InChI is InChI=1S/C11H10F2N6/c12-11(13)5-19(6-11)10-16-3-7(4-17-10)9-15-2-1-8(14)18-9/h1-4H,5-6H2,(H2,14,15,18). The van der Waals surface area contributed by atoms with Gasteiger partial charge in [-0.05, 0) is 6.07 Å². The summed E-state index contributed by atoms with van der Waals surface area (Å²) < 4.78 is 25.5. The fraction of sp³-hybridized carbons (Fsp3) is 0.273. The SMILES string of the molecule is Nc1ccnc(-c2cnc(N3CC(F)(F)C3)nc2)n1. The molecule has 8 heteroatoms. The van der Waals surface area contributed by atoms with Crippen molar-refractivity contribution in [2.75, 3.05) is 23.7 Å². The van der Waals surface area contributed by atoms with E-state index < -0.39 is 5.92 Å². The Kier molecular flexibility index (Phi) is 2.51. The fourth-order valence-corrected chi connectivity index (χ4v) is 1.77. The molecule has 0 unspecified atom stereocenters. The van der Waals surface area contributed by atoms with Crippen molar-refractivity contribution in [1.82, 2.24) is 19.9 Å². The normalized spacial score (nSPS) is 17.1. The van der Waals surface area contributed by atoms with Gasteiger partial charge in [0.1, 0.15) is 5.82 Å². The average Bonchev–Trinajstić information content (AvgIpc) is 2.36. The number of anilines is 2. The van der Waals surface area contributed by atoms with Gasteiger partial charge < -0.3 is 10.6 Å². The molecule has 6 nitrogen and oxygen atoms in total. The van der Waals surface area contributed by atoms with Crippen LogP contribution in [0, 0.1) is 0 Å². The maximum absolute atomic E-state index is 12.7.